The predicted molar refractivity (Wildman–Crippen MR) is 79.4 cm³/mol. The molecule has 0 spiro atoms. The number of pyridine rings is 1. The molecule has 20 heavy (non-hydrogen) atoms. The van der Waals surface area contributed by atoms with Crippen molar-refractivity contribution >= 4 is 23.4 Å². The fourth-order valence-electron chi connectivity index (χ4n) is 1.92. The maximum Gasteiger partial charge on any atom is 0.337 e. The van der Waals surface area contributed by atoms with Crippen LogP contribution in [0.2, 0.25) is 5.02 Å². The number of halogens is 1. The van der Waals surface area contributed by atoms with Crippen LogP contribution in [0.15, 0.2) is 36.4 Å². The Balaban J connectivity index is 2.15. The fourth-order valence-corrected chi connectivity index (χ4v) is 2.05. The van der Waals surface area contributed by atoms with Crippen LogP contribution in [-0.4, -0.2) is 16.1 Å². The number of aryl methyl sites for hydroxylation is 1. The molecule has 5 heteroatoms. The Morgan fingerprint density at radius 1 is 1.25 bits per heavy atom. The third-order valence-corrected chi connectivity index (χ3v) is 3.30. The van der Waals surface area contributed by atoms with Gasteiger partial charge in [-0.25, -0.2) is 9.78 Å². The van der Waals surface area contributed by atoms with E-state index in [0.717, 1.165) is 5.56 Å². The maximum atomic E-state index is 10.9. The van der Waals surface area contributed by atoms with Crippen LogP contribution in [0.4, 0.5) is 5.82 Å². The average molecular weight is 291 g/mol. The SMILES string of the molecule is Cc1nc(NC(C)c2ccc(Cl)cc2)ccc1C(=O)O. The Hall–Kier alpha value is -2.07. The van der Waals surface area contributed by atoms with Crippen LogP contribution >= 0.6 is 11.6 Å². The summed E-state index contributed by atoms with van der Waals surface area (Å²) in [4.78, 5) is 15.2. The van der Waals surface area contributed by atoms with Gasteiger partial charge in [0, 0.05) is 11.1 Å². The molecule has 1 heterocycles. The van der Waals surface area contributed by atoms with E-state index in [1.165, 1.54) is 0 Å². The molecule has 1 atom stereocenters. The number of carbonyl (C=O) groups is 1. The third kappa shape index (κ3) is 3.27. The number of benzene rings is 1. The highest BCUT2D eigenvalue weighted by atomic mass is 35.5. The first kappa shape index (κ1) is 14.3. The first-order chi connectivity index (χ1) is 9.47. The van der Waals surface area contributed by atoms with Crippen molar-refractivity contribution in [2.75, 3.05) is 5.32 Å². The van der Waals surface area contributed by atoms with E-state index in [-0.39, 0.29) is 11.6 Å². The highest BCUT2D eigenvalue weighted by Gasteiger charge is 2.10. The van der Waals surface area contributed by atoms with E-state index in [9.17, 15) is 4.79 Å². The lowest BCUT2D eigenvalue weighted by atomic mass is 10.1. The Labute approximate surface area is 122 Å². The standard InChI is InChI=1S/C15H15ClN2O2/c1-9(11-3-5-12(16)6-4-11)17-14-8-7-13(15(19)20)10(2)18-14/h3-9H,1-2H3,(H,17,18)(H,19,20). The minimum Gasteiger partial charge on any atom is -0.478 e. The van der Waals surface area contributed by atoms with Gasteiger partial charge in [-0.3, -0.25) is 0 Å². The summed E-state index contributed by atoms with van der Waals surface area (Å²) >= 11 is 5.86. The Bertz CT molecular complexity index is 626. The minimum absolute atomic E-state index is 0.0508. The van der Waals surface area contributed by atoms with Gasteiger partial charge in [0.05, 0.1) is 11.3 Å². The lowest BCUT2D eigenvalue weighted by Gasteiger charge is -2.15. The van der Waals surface area contributed by atoms with Gasteiger partial charge in [-0.2, -0.15) is 0 Å². The minimum atomic E-state index is -0.965. The van der Waals surface area contributed by atoms with Gasteiger partial charge in [-0.1, -0.05) is 23.7 Å². The highest BCUT2D eigenvalue weighted by molar-refractivity contribution is 6.30. The van der Waals surface area contributed by atoms with Gasteiger partial charge < -0.3 is 10.4 Å². The van der Waals surface area contributed by atoms with E-state index in [1.54, 1.807) is 19.1 Å². The smallest absolute Gasteiger partial charge is 0.337 e. The van der Waals surface area contributed by atoms with E-state index in [0.29, 0.717) is 16.5 Å². The summed E-state index contributed by atoms with van der Waals surface area (Å²) in [6.07, 6.45) is 0. The molecule has 1 aromatic carbocycles. The van der Waals surface area contributed by atoms with Crippen molar-refractivity contribution in [3.63, 3.8) is 0 Å². The molecular formula is C15H15ClN2O2. The monoisotopic (exact) mass is 290 g/mol. The summed E-state index contributed by atoms with van der Waals surface area (Å²) in [5.41, 5.74) is 1.79. The Kier molecular flexibility index (Phi) is 4.25. The molecule has 2 rings (SSSR count). The first-order valence-electron chi connectivity index (χ1n) is 6.20. The van der Waals surface area contributed by atoms with Crippen LogP contribution in [-0.2, 0) is 0 Å². The number of hydrogen-bond acceptors (Lipinski definition) is 3. The molecule has 2 aromatic rings. The summed E-state index contributed by atoms with van der Waals surface area (Å²) in [5, 5.41) is 12.9. The van der Waals surface area contributed by atoms with Gasteiger partial charge in [0.2, 0.25) is 0 Å². The summed E-state index contributed by atoms with van der Waals surface area (Å²) in [6, 6.07) is 10.8. The number of anilines is 1. The molecule has 4 nitrogen and oxygen atoms in total. The van der Waals surface area contributed by atoms with E-state index >= 15 is 0 Å². The quantitative estimate of drug-likeness (QED) is 0.896. The molecule has 1 aromatic heterocycles. The topological polar surface area (TPSA) is 62.2 Å². The van der Waals surface area contributed by atoms with E-state index in [2.05, 4.69) is 10.3 Å². The van der Waals surface area contributed by atoms with Gasteiger partial charge in [-0.05, 0) is 43.7 Å². The van der Waals surface area contributed by atoms with Crippen molar-refractivity contribution in [1.82, 2.24) is 4.98 Å². The van der Waals surface area contributed by atoms with Gasteiger partial charge in [0.1, 0.15) is 5.82 Å². The molecule has 2 N–H and O–H groups in total. The number of carboxylic acid groups (broad SMARTS) is 1. The van der Waals surface area contributed by atoms with Gasteiger partial charge in [0.25, 0.3) is 0 Å². The molecule has 0 fully saturated rings. The van der Waals surface area contributed by atoms with E-state index < -0.39 is 5.97 Å². The first-order valence-corrected chi connectivity index (χ1v) is 6.58. The second kappa shape index (κ2) is 5.92. The number of aromatic carboxylic acids is 1. The van der Waals surface area contributed by atoms with Crippen molar-refractivity contribution in [3.8, 4) is 0 Å². The molecule has 104 valence electrons. The van der Waals surface area contributed by atoms with Crippen LogP contribution < -0.4 is 5.32 Å². The molecule has 0 bridgehead atoms. The van der Waals surface area contributed by atoms with Crippen molar-refractivity contribution in [2.45, 2.75) is 19.9 Å². The molecule has 0 saturated heterocycles. The van der Waals surface area contributed by atoms with Crippen LogP contribution in [0, 0.1) is 6.92 Å². The number of nitrogens with one attached hydrogen (secondary N) is 1. The van der Waals surface area contributed by atoms with Crippen molar-refractivity contribution in [1.29, 1.82) is 0 Å². The Morgan fingerprint density at radius 3 is 2.45 bits per heavy atom. The third-order valence-electron chi connectivity index (χ3n) is 3.05. The summed E-state index contributed by atoms with van der Waals surface area (Å²) in [6.45, 7) is 3.69. The highest BCUT2D eigenvalue weighted by Crippen LogP contribution is 2.20. The largest absolute Gasteiger partial charge is 0.478 e. The van der Waals surface area contributed by atoms with Crippen molar-refractivity contribution in [3.05, 3.63) is 58.2 Å². The molecule has 0 amide bonds. The van der Waals surface area contributed by atoms with E-state index in [4.69, 9.17) is 16.7 Å². The van der Waals surface area contributed by atoms with Crippen LogP contribution in [0.3, 0.4) is 0 Å². The predicted octanol–water partition coefficient (Wildman–Crippen LogP) is 3.91. The second-order valence-corrected chi connectivity index (χ2v) is 4.99. The molecular weight excluding hydrogens is 276 g/mol. The molecule has 0 saturated carbocycles. The lowest BCUT2D eigenvalue weighted by Crippen LogP contribution is -2.10. The maximum absolute atomic E-state index is 10.9. The molecule has 1 unspecified atom stereocenters. The zero-order chi connectivity index (χ0) is 14.7. The average Bonchev–Trinajstić information content (AvgIpc) is 2.39. The van der Waals surface area contributed by atoms with Crippen LogP contribution in [0.1, 0.15) is 34.6 Å². The number of hydrogen-bond donors (Lipinski definition) is 2. The fraction of sp³-hybridized carbons (Fsp3) is 0.200. The summed E-state index contributed by atoms with van der Waals surface area (Å²) < 4.78 is 0. The molecule has 0 aliphatic heterocycles. The summed E-state index contributed by atoms with van der Waals surface area (Å²) in [7, 11) is 0. The molecule has 0 aliphatic carbocycles. The Morgan fingerprint density at radius 2 is 1.90 bits per heavy atom. The number of nitrogens with zero attached hydrogens (tertiary/aromatic N) is 1. The van der Waals surface area contributed by atoms with E-state index in [1.807, 2.05) is 31.2 Å². The van der Waals surface area contributed by atoms with Crippen molar-refractivity contribution < 1.29 is 9.90 Å². The number of aromatic nitrogens is 1. The molecule has 0 aliphatic rings. The van der Waals surface area contributed by atoms with Crippen LogP contribution in [0.25, 0.3) is 0 Å². The van der Waals surface area contributed by atoms with Crippen molar-refractivity contribution in [2.24, 2.45) is 0 Å². The summed E-state index contributed by atoms with van der Waals surface area (Å²) in [5.74, 6) is -0.317. The van der Waals surface area contributed by atoms with Gasteiger partial charge in [0.15, 0.2) is 0 Å². The zero-order valence-corrected chi connectivity index (χ0v) is 12.0. The number of rotatable bonds is 4. The number of carboxylic acids is 1. The molecule has 0 radical (unpaired) electrons. The normalized spacial score (nSPS) is 11.9. The van der Waals surface area contributed by atoms with Gasteiger partial charge in [-0.15, -0.1) is 0 Å². The van der Waals surface area contributed by atoms with Crippen LogP contribution in [0.5, 0.6) is 0 Å². The zero-order valence-electron chi connectivity index (χ0n) is 11.2. The van der Waals surface area contributed by atoms with Gasteiger partial charge >= 0.3 is 5.97 Å². The second-order valence-electron chi connectivity index (χ2n) is 4.55. The lowest BCUT2D eigenvalue weighted by molar-refractivity contribution is 0.0695.